The molecule has 2 aromatic carbocycles. The van der Waals surface area contributed by atoms with Crippen molar-refractivity contribution in [3.8, 4) is 0 Å². The first-order chi connectivity index (χ1) is 13.1. The fourth-order valence-electron chi connectivity index (χ4n) is 3.97. The van der Waals surface area contributed by atoms with Crippen LogP contribution in [0.15, 0.2) is 53.3 Å². The lowest BCUT2D eigenvalue weighted by Gasteiger charge is -2.32. The predicted octanol–water partition coefficient (Wildman–Crippen LogP) is 2.71. The highest BCUT2D eigenvalue weighted by molar-refractivity contribution is 5.77. The zero-order chi connectivity index (χ0) is 18.8. The van der Waals surface area contributed by atoms with E-state index in [1.807, 2.05) is 58.0 Å². The highest BCUT2D eigenvalue weighted by Gasteiger charge is 2.25. The van der Waals surface area contributed by atoms with E-state index in [1.165, 1.54) is 0 Å². The van der Waals surface area contributed by atoms with Gasteiger partial charge in [-0.2, -0.15) is 0 Å². The number of amides is 1. The number of nitrogen functional groups attached to an aromatic ring is 1. The molecule has 0 bridgehead atoms. The second-order valence-corrected chi connectivity index (χ2v) is 7.13. The molecule has 1 aliphatic rings. The quantitative estimate of drug-likeness (QED) is 0.698. The summed E-state index contributed by atoms with van der Waals surface area (Å²) in [6, 6.07) is 15.6. The van der Waals surface area contributed by atoms with Crippen LogP contribution < -0.4 is 11.4 Å². The first-order valence-electron chi connectivity index (χ1n) is 9.44. The van der Waals surface area contributed by atoms with Crippen molar-refractivity contribution in [2.75, 3.05) is 18.8 Å². The van der Waals surface area contributed by atoms with Gasteiger partial charge in [0.25, 0.3) is 0 Å². The Labute approximate surface area is 157 Å². The molecule has 0 saturated carbocycles. The Bertz CT molecular complexity index is 1010. The summed E-state index contributed by atoms with van der Waals surface area (Å²) < 4.78 is 1.85. The van der Waals surface area contributed by atoms with Gasteiger partial charge in [-0.15, -0.1) is 0 Å². The molecule has 0 aliphatic carbocycles. The van der Waals surface area contributed by atoms with Crippen molar-refractivity contribution >= 4 is 22.6 Å². The number of aromatic nitrogens is 2. The Morgan fingerprint density at radius 3 is 2.56 bits per heavy atom. The fourth-order valence-corrected chi connectivity index (χ4v) is 3.97. The number of anilines is 1. The molecule has 0 atom stereocenters. The Hall–Kier alpha value is -3.02. The van der Waals surface area contributed by atoms with Crippen molar-refractivity contribution in [1.82, 2.24) is 14.5 Å². The molecular formula is C21H24N4O2. The standard InChI is InChI=1S/C21H24N4O2/c22-17-6-2-1-5-15(17)9-10-20(26)24-13-11-16(12-14-24)25-19-8-4-3-7-18(19)23-21(25)27/h1-8,16H,9-14,22H2,(H,23,27). The van der Waals surface area contributed by atoms with Crippen molar-refractivity contribution < 1.29 is 4.79 Å². The number of piperidine rings is 1. The van der Waals surface area contributed by atoms with Crippen LogP contribution in [-0.4, -0.2) is 33.4 Å². The van der Waals surface area contributed by atoms with Crippen molar-refractivity contribution in [3.63, 3.8) is 0 Å². The molecule has 6 nitrogen and oxygen atoms in total. The molecular weight excluding hydrogens is 340 g/mol. The SMILES string of the molecule is Nc1ccccc1CCC(=O)N1CCC(n2c(=O)[nH]c3ccccc32)CC1. The minimum absolute atomic E-state index is 0.0690. The molecule has 6 heteroatoms. The van der Waals surface area contributed by atoms with Gasteiger partial charge in [-0.1, -0.05) is 30.3 Å². The first kappa shape index (κ1) is 17.4. The minimum Gasteiger partial charge on any atom is -0.399 e. The van der Waals surface area contributed by atoms with E-state index in [0.717, 1.165) is 35.1 Å². The van der Waals surface area contributed by atoms with Crippen LogP contribution in [-0.2, 0) is 11.2 Å². The molecule has 3 N–H and O–H groups in total. The van der Waals surface area contributed by atoms with Gasteiger partial charge in [0.15, 0.2) is 0 Å². The number of aryl methyl sites for hydroxylation is 1. The third-order valence-corrected chi connectivity index (χ3v) is 5.47. The maximum absolute atomic E-state index is 12.6. The van der Waals surface area contributed by atoms with Gasteiger partial charge in [0.2, 0.25) is 5.91 Å². The van der Waals surface area contributed by atoms with E-state index in [1.54, 1.807) is 0 Å². The number of carbonyl (C=O) groups is 1. The van der Waals surface area contributed by atoms with Crippen LogP contribution in [0.2, 0.25) is 0 Å². The third-order valence-electron chi connectivity index (χ3n) is 5.47. The maximum atomic E-state index is 12.6. The average molecular weight is 364 g/mol. The first-order valence-corrected chi connectivity index (χ1v) is 9.44. The molecule has 4 rings (SSSR count). The number of rotatable bonds is 4. The van der Waals surface area contributed by atoms with E-state index in [9.17, 15) is 9.59 Å². The van der Waals surface area contributed by atoms with E-state index in [4.69, 9.17) is 5.73 Å². The van der Waals surface area contributed by atoms with Crippen molar-refractivity contribution in [2.24, 2.45) is 0 Å². The van der Waals surface area contributed by atoms with Crippen molar-refractivity contribution in [2.45, 2.75) is 31.7 Å². The van der Waals surface area contributed by atoms with E-state index in [2.05, 4.69) is 4.98 Å². The monoisotopic (exact) mass is 364 g/mol. The van der Waals surface area contributed by atoms with E-state index in [0.29, 0.717) is 25.9 Å². The average Bonchev–Trinajstić information content (AvgIpc) is 3.03. The van der Waals surface area contributed by atoms with Crippen LogP contribution in [0, 0.1) is 0 Å². The van der Waals surface area contributed by atoms with Crippen molar-refractivity contribution in [1.29, 1.82) is 0 Å². The van der Waals surface area contributed by atoms with Crippen LogP contribution >= 0.6 is 0 Å². The summed E-state index contributed by atoms with van der Waals surface area (Å²) in [7, 11) is 0. The van der Waals surface area contributed by atoms with E-state index in [-0.39, 0.29) is 17.6 Å². The lowest BCUT2D eigenvalue weighted by molar-refractivity contribution is -0.132. The number of nitrogens with two attached hydrogens (primary N) is 1. The molecule has 1 aliphatic heterocycles. The van der Waals surface area contributed by atoms with Crippen LogP contribution in [0.1, 0.15) is 30.9 Å². The van der Waals surface area contributed by atoms with E-state index < -0.39 is 0 Å². The number of H-pyrrole nitrogens is 1. The number of hydrogen-bond donors (Lipinski definition) is 2. The summed E-state index contributed by atoms with van der Waals surface area (Å²) in [5, 5.41) is 0. The maximum Gasteiger partial charge on any atom is 0.326 e. The highest BCUT2D eigenvalue weighted by atomic mass is 16.2. The molecule has 0 spiro atoms. The van der Waals surface area contributed by atoms with Gasteiger partial charge in [0.1, 0.15) is 0 Å². The molecule has 1 fully saturated rings. The lowest BCUT2D eigenvalue weighted by atomic mass is 10.0. The van der Waals surface area contributed by atoms with Crippen LogP contribution in [0.3, 0.4) is 0 Å². The zero-order valence-electron chi connectivity index (χ0n) is 15.2. The Balaban J connectivity index is 1.38. The predicted molar refractivity (Wildman–Crippen MR) is 107 cm³/mol. The van der Waals surface area contributed by atoms with E-state index >= 15 is 0 Å². The van der Waals surface area contributed by atoms with Gasteiger partial charge in [0.05, 0.1) is 11.0 Å². The molecule has 1 aromatic heterocycles. The van der Waals surface area contributed by atoms with Crippen molar-refractivity contribution in [3.05, 3.63) is 64.6 Å². The van der Waals surface area contributed by atoms with Gasteiger partial charge in [-0.3, -0.25) is 9.36 Å². The van der Waals surface area contributed by atoms with Crippen LogP contribution in [0.5, 0.6) is 0 Å². The third kappa shape index (κ3) is 3.47. The van der Waals surface area contributed by atoms with Gasteiger partial charge in [0, 0.05) is 31.2 Å². The molecule has 140 valence electrons. The number of likely N-dealkylation sites (tertiary alicyclic amines) is 1. The number of aromatic amines is 1. The van der Waals surface area contributed by atoms with Crippen LogP contribution in [0.25, 0.3) is 11.0 Å². The fraction of sp³-hybridized carbons (Fsp3) is 0.333. The topological polar surface area (TPSA) is 84.1 Å². The van der Waals surface area contributed by atoms with Gasteiger partial charge in [-0.25, -0.2) is 4.79 Å². The Morgan fingerprint density at radius 1 is 1.07 bits per heavy atom. The largest absolute Gasteiger partial charge is 0.399 e. The summed E-state index contributed by atoms with van der Waals surface area (Å²) in [5.41, 5.74) is 9.45. The number of benzene rings is 2. The summed E-state index contributed by atoms with van der Waals surface area (Å²) in [5.74, 6) is 0.156. The van der Waals surface area contributed by atoms with Gasteiger partial charge < -0.3 is 15.6 Å². The highest BCUT2D eigenvalue weighted by Crippen LogP contribution is 2.25. The zero-order valence-corrected chi connectivity index (χ0v) is 15.2. The smallest absolute Gasteiger partial charge is 0.326 e. The summed E-state index contributed by atoms with van der Waals surface area (Å²) in [4.78, 5) is 29.8. The number of carbonyl (C=O) groups excluding carboxylic acids is 1. The molecule has 1 amide bonds. The number of nitrogens with zero attached hydrogens (tertiary/aromatic N) is 2. The Morgan fingerprint density at radius 2 is 1.78 bits per heavy atom. The molecule has 27 heavy (non-hydrogen) atoms. The summed E-state index contributed by atoms with van der Waals surface area (Å²) in [6.07, 6.45) is 2.71. The molecule has 0 unspecified atom stereocenters. The van der Waals surface area contributed by atoms with Crippen LogP contribution in [0.4, 0.5) is 5.69 Å². The molecule has 3 aromatic rings. The molecule has 0 radical (unpaired) electrons. The normalized spacial score (nSPS) is 15.3. The number of fused-ring (bicyclic) bond motifs is 1. The number of imidazole rings is 1. The minimum atomic E-state index is -0.0690. The number of nitrogens with one attached hydrogen (secondary N) is 1. The summed E-state index contributed by atoms with van der Waals surface area (Å²) in [6.45, 7) is 1.36. The second kappa shape index (κ2) is 7.31. The molecule has 2 heterocycles. The Kier molecular flexibility index (Phi) is 4.71. The second-order valence-electron chi connectivity index (χ2n) is 7.13. The lowest BCUT2D eigenvalue weighted by Crippen LogP contribution is -2.40. The van der Waals surface area contributed by atoms with Gasteiger partial charge in [-0.05, 0) is 43.0 Å². The number of hydrogen-bond acceptors (Lipinski definition) is 3. The number of para-hydroxylation sites is 3. The van der Waals surface area contributed by atoms with Gasteiger partial charge >= 0.3 is 5.69 Å². The summed E-state index contributed by atoms with van der Waals surface area (Å²) >= 11 is 0. The molecule has 1 saturated heterocycles.